The van der Waals surface area contributed by atoms with Crippen molar-refractivity contribution in [1.82, 2.24) is 4.98 Å². The Labute approximate surface area is 163 Å². The van der Waals surface area contributed by atoms with Crippen LogP contribution in [0.15, 0.2) is 52.7 Å². The number of benzene rings is 2. The van der Waals surface area contributed by atoms with E-state index in [0.717, 1.165) is 6.42 Å². The molecule has 0 radical (unpaired) electrons. The molecule has 0 spiro atoms. The van der Waals surface area contributed by atoms with Crippen molar-refractivity contribution in [2.45, 2.75) is 12.8 Å². The fraction of sp³-hybridized carbons (Fsp3) is 0.158. The fourth-order valence-corrected chi connectivity index (χ4v) is 3.22. The minimum Gasteiger partial charge on any atom is -0.493 e. The molecule has 2 N–H and O–H groups in total. The van der Waals surface area contributed by atoms with Crippen molar-refractivity contribution < 1.29 is 19.6 Å². The Hall–Kier alpha value is -4.08. The van der Waals surface area contributed by atoms with Crippen LogP contribution in [0.4, 0.5) is 17.1 Å². The van der Waals surface area contributed by atoms with Crippen LogP contribution in [0.5, 0.6) is 5.88 Å². The lowest BCUT2D eigenvalue weighted by Gasteiger charge is -2.15. The zero-order chi connectivity index (χ0) is 20.5. The highest BCUT2D eigenvalue weighted by Gasteiger charge is 2.21. The molecule has 2 amide bonds. The van der Waals surface area contributed by atoms with Crippen LogP contribution in [0.1, 0.15) is 23.2 Å². The molecule has 29 heavy (non-hydrogen) atoms. The number of carbonyl (C=O) groups excluding carboxylic acids is 2. The van der Waals surface area contributed by atoms with Gasteiger partial charge in [0.05, 0.1) is 10.4 Å². The minimum absolute atomic E-state index is 0.0488. The van der Waals surface area contributed by atoms with Crippen molar-refractivity contribution in [1.29, 1.82) is 0 Å². The van der Waals surface area contributed by atoms with Gasteiger partial charge in [-0.2, -0.15) is 0 Å². The number of nitro benzene ring substituents is 1. The van der Waals surface area contributed by atoms with E-state index in [-0.39, 0.29) is 34.1 Å². The third-order valence-electron chi connectivity index (χ3n) is 4.69. The predicted octanol–water partition coefficient (Wildman–Crippen LogP) is 3.83. The van der Waals surface area contributed by atoms with Crippen molar-refractivity contribution in [3.05, 3.63) is 58.1 Å². The van der Waals surface area contributed by atoms with Gasteiger partial charge in [0, 0.05) is 41.7 Å². The second-order valence-electron chi connectivity index (χ2n) is 6.51. The van der Waals surface area contributed by atoms with Gasteiger partial charge in [0.25, 0.3) is 11.6 Å². The molecule has 1 aliphatic heterocycles. The van der Waals surface area contributed by atoms with E-state index < -0.39 is 10.8 Å². The molecule has 0 unspecified atom stereocenters. The first-order valence-corrected chi connectivity index (χ1v) is 8.79. The Morgan fingerprint density at radius 3 is 2.62 bits per heavy atom. The molecule has 2 aromatic carbocycles. The quantitative estimate of drug-likeness (QED) is 0.393. The number of non-ortho nitro benzene ring substituents is 1. The van der Waals surface area contributed by atoms with E-state index in [1.54, 1.807) is 29.2 Å². The number of anilines is 1. The van der Waals surface area contributed by atoms with Crippen LogP contribution in [-0.2, 0) is 4.79 Å². The molecule has 1 fully saturated rings. The summed E-state index contributed by atoms with van der Waals surface area (Å²) in [6.45, 7) is 0.651. The number of nitrogens with zero attached hydrogens (tertiary/aromatic N) is 4. The van der Waals surface area contributed by atoms with Crippen LogP contribution in [0.25, 0.3) is 10.9 Å². The van der Waals surface area contributed by atoms with E-state index in [0.29, 0.717) is 24.2 Å². The number of nitrogens with one attached hydrogen (secondary N) is 1. The fourth-order valence-electron chi connectivity index (χ4n) is 3.22. The molecule has 1 aliphatic rings. The molecular formula is C19H15N5O5. The molecule has 0 atom stereocenters. The highest BCUT2D eigenvalue weighted by Crippen LogP contribution is 2.37. The zero-order valence-electron chi connectivity index (χ0n) is 15.0. The number of rotatable bonds is 4. The molecule has 146 valence electrons. The van der Waals surface area contributed by atoms with Crippen LogP contribution in [0.2, 0.25) is 0 Å². The highest BCUT2D eigenvalue weighted by molar-refractivity contribution is 5.99. The summed E-state index contributed by atoms with van der Waals surface area (Å²) in [6.07, 6.45) is 1.32. The summed E-state index contributed by atoms with van der Waals surface area (Å²) in [4.78, 5) is 38.8. The standard InChI is InChI=1S/C19H15N5O5/c25-16-2-1-9-23(16)12-5-3-11(4-6-12)18(26)22-21-17-14-10-13(24(28)29)7-8-15(14)20-19(17)27/h3-8,10,20,27H,1-2,9H2. The monoisotopic (exact) mass is 393 g/mol. The van der Waals surface area contributed by atoms with Crippen LogP contribution < -0.4 is 4.90 Å². The van der Waals surface area contributed by atoms with Gasteiger partial charge in [-0.05, 0) is 36.8 Å². The number of aromatic nitrogens is 1. The highest BCUT2D eigenvalue weighted by atomic mass is 16.6. The minimum atomic E-state index is -0.650. The smallest absolute Gasteiger partial charge is 0.295 e. The second kappa shape index (κ2) is 7.15. The van der Waals surface area contributed by atoms with Gasteiger partial charge in [-0.25, -0.2) is 0 Å². The van der Waals surface area contributed by atoms with E-state index in [1.165, 1.54) is 18.2 Å². The van der Waals surface area contributed by atoms with Gasteiger partial charge in [-0.1, -0.05) is 0 Å². The molecule has 0 saturated carbocycles. The lowest BCUT2D eigenvalue weighted by atomic mass is 10.2. The number of aromatic hydroxyl groups is 1. The number of nitro groups is 1. The zero-order valence-corrected chi connectivity index (χ0v) is 15.0. The normalized spacial score (nSPS) is 14.2. The van der Waals surface area contributed by atoms with Crippen molar-refractivity contribution in [2.24, 2.45) is 10.2 Å². The summed E-state index contributed by atoms with van der Waals surface area (Å²) >= 11 is 0. The maximum atomic E-state index is 12.3. The van der Waals surface area contributed by atoms with Gasteiger partial charge < -0.3 is 15.0 Å². The maximum absolute atomic E-state index is 12.3. The van der Waals surface area contributed by atoms with Crippen molar-refractivity contribution in [3.8, 4) is 5.88 Å². The molecular weight excluding hydrogens is 378 g/mol. The van der Waals surface area contributed by atoms with Crippen LogP contribution in [0, 0.1) is 10.1 Å². The number of H-pyrrole nitrogens is 1. The summed E-state index contributed by atoms with van der Waals surface area (Å²) in [5.74, 6) is -0.948. The van der Waals surface area contributed by atoms with E-state index in [2.05, 4.69) is 15.2 Å². The first kappa shape index (κ1) is 18.3. The Morgan fingerprint density at radius 2 is 1.97 bits per heavy atom. The molecule has 3 aromatic rings. The molecule has 10 heteroatoms. The van der Waals surface area contributed by atoms with Gasteiger partial charge in [0.2, 0.25) is 11.8 Å². The predicted molar refractivity (Wildman–Crippen MR) is 103 cm³/mol. The summed E-state index contributed by atoms with van der Waals surface area (Å²) in [5, 5.41) is 28.6. The average Bonchev–Trinajstić information content (AvgIpc) is 3.28. The number of amides is 2. The van der Waals surface area contributed by atoms with Crippen LogP contribution in [0.3, 0.4) is 0 Å². The molecule has 0 bridgehead atoms. The summed E-state index contributed by atoms with van der Waals surface area (Å²) in [5.41, 5.74) is 1.16. The van der Waals surface area contributed by atoms with E-state index in [1.807, 2.05) is 0 Å². The third-order valence-corrected chi connectivity index (χ3v) is 4.69. The van der Waals surface area contributed by atoms with Gasteiger partial charge in [-0.15, -0.1) is 10.2 Å². The number of hydrogen-bond acceptors (Lipinski definition) is 6. The first-order chi connectivity index (χ1) is 13.9. The number of carbonyl (C=O) groups is 2. The average molecular weight is 393 g/mol. The summed E-state index contributed by atoms with van der Waals surface area (Å²) in [7, 11) is 0. The second-order valence-corrected chi connectivity index (χ2v) is 6.51. The number of fused-ring (bicyclic) bond motifs is 1. The van der Waals surface area contributed by atoms with Gasteiger partial charge >= 0.3 is 0 Å². The van der Waals surface area contributed by atoms with Crippen LogP contribution >= 0.6 is 0 Å². The van der Waals surface area contributed by atoms with Crippen molar-refractivity contribution in [2.75, 3.05) is 11.4 Å². The molecule has 1 aromatic heterocycles. The van der Waals surface area contributed by atoms with Gasteiger partial charge in [0.1, 0.15) is 0 Å². The Morgan fingerprint density at radius 1 is 1.21 bits per heavy atom. The van der Waals surface area contributed by atoms with E-state index in [9.17, 15) is 24.8 Å². The van der Waals surface area contributed by atoms with E-state index >= 15 is 0 Å². The largest absolute Gasteiger partial charge is 0.493 e. The third kappa shape index (κ3) is 3.43. The number of hydrogen-bond donors (Lipinski definition) is 2. The van der Waals surface area contributed by atoms with Gasteiger partial charge in [-0.3, -0.25) is 19.7 Å². The van der Waals surface area contributed by atoms with E-state index in [4.69, 9.17) is 0 Å². The summed E-state index contributed by atoms with van der Waals surface area (Å²) in [6, 6.07) is 10.4. The Balaban J connectivity index is 1.58. The molecule has 2 heterocycles. The topological polar surface area (TPSA) is 141 Å². The summed E-state index contributed by atoms with van der Waals surface area (Å²) < 4.78 is 0. The molecule has 1 saturated heterocycles. The van der Waals surface area contributed by atoms with Crippen LogP contribution in [-0.4, -0.2) is 33.4 Å². The number of azo groups is 1. The maximum Gasteiger partial charge on any atom is 0.295 e. The molecule has 0 aliphatic carbocycles. The van der Waals surface area contributed by atoms with Crippen molar-refractivity contribution >= 4 is 39.8 Å². The SMILES string of the molecule is O=C(N=Nc1c(O)[nH]c2ccc([N+](=O)[O-])cc12)c1ccc(N2CCCC2=O)cc1. The molecule has 10 nitrogen and oxygen atoms in total. The lowest BCUT2D eigenvalue weighted by molar-refractivity contribution is -0.384. The number of aromatic amines is 1. The van der Waals surface area contributed by atoms with Crippen molar-refractivity contribution in [3.63, 3.8) is 0 Å². The lowest BCUT2D eigenvalue weighted by Crippen LogP contribution is -2.23. The first-order valence-electron chi connectivity index (χ1n) is 8.79. The van der Waals surface area contributed by atoms with Gasteiger partial charge in [0.15, 0.2) is 5.69 Å². The molecule has 4 rings (SSSR count). The Kier molecular flexibility index (Phi) is 4.51. The Bertz CT molecular complexity index is 1170.